The highest BCUT2D eigenvalue weighted by Crippen LogP contribution is 2.31. The maximum atomic E-state index is 2.29. The molecule has 1 aliphatic carbocycles. The summed E-state index contributed by atoms with van der Waals surface area (Å²) in [5.41, 5.74) is 1.65. The predicted molar refractivity (Wildman–Crippen MR) is 32.2 cm³/mol. The normalized spacial score (nSPS) is 35.7. The molecule has 0 amide bonds. The van der Waals surface area contributed by atoms with E-state index in [4.69, 9.17) is 0 Å². The highest BCUT2D eigenvalue weighted by atomic mass is 14.2. The molecule has 0 aromatic rings. The minimum Gasteiger partial charge on any atom is -0.0882 e. The van der Waals surface area contributed by atoms with Crippen LogP contribution in [0.1, 0.15) is 26.7 Å². The van der Waals surface area contributed by atoms with Gasteiger partial charge in [0, 0.05) is 0 Å². The van der Waals surface area contributed by atoms with Crippen molar-refractivity contribution in [2.75, 3.05) is 0 Å². The number of hydrogen-bond donors (Lipinski definition) is 0. The SMILES string of the molecule is C/C=C1/CCC1C. The Bertz CT molecular complexity index is 90.2. The third-order valence-corrected chi connectivity index (χ3v) is 1.87. The van der Waals surface area contributed by atoms with Gasteiger partial charge in [-0.2, -0.15) is 0 Å². The van der Waals surface area contributed by atoms with Crippen LogP contribution in [-0.4, -0.2) is 0 Å². The summed E-state index contributed by atoms with van der Waals surface area (Å²) >= 11 is 0. The molecule has 0 radical (unpaired) electrons. The topological polar surface area (TPSA) is 0 Å². The molecular weight excluding hydrogens is 84.1 g/mol. The second-order valence-corrected chi connectivity index (χ2v) is 2.30. The Morgan fingerprint density at radius 3 is 2.43 bits per heavy atom. The highest BCUT2D eigenvalue weighted by Gasteiger charge is 2.16. The van der Waals surface area contributed by atoms with E-state index in [2.05, 4.69) is 19.9 Å². The van der Waals surface area contributed by atoms with E-state index in [9.17, 15) is 0 Å². The van der Waals surface area contributed by atoms with Gasteiger partial charge in [0.2, 0.25) is 0 Å². The van der Waals surface area contributed by atoms with Gasteiger partial charge in [0.15, 0.2) is 0 Å². The number of hydrogen-bond acceptors (Lipinski definition) is 0. The molecule has 1 unspecified atom stereocenters. The van der Waals surface area contributed by atoms with Gasteiger partial charge < -0.3 is 0 Å². The molecule has 1 saturated carbocycles. The van der Waals surface area contributed by atoms with Crippen LogP contribution >= 0.6 is 0 Å². The van der Waals surface area contributed by atoms with Crippen molar-refractivity contribution in [3.05, 3.63) is 11.6 Å². The molecule has 1 rings (SSSR count). The molecule has 0 bridgehead atoms. The van der Waals surface area contributed by atoms with Crippen LogP contribution in [0.25, 0.3) is 0 Å². The highest BCUT2D eigenvalue weighted by molar-refractivity contribution is 5.12. The zero-order valence-electron chi connectivity index (χ0n) is 5.07. The van der Waals surface area contributed by atoms with Gasteiger partial charge in [-0.3, -0.25) is 0 Å². The maximum absolute atomic E-state index is 2.29. The molecule has 0 heteroatoms. The van der Waals surface area contributed by atoms with Crippen molar-refractivity contribution in [3.8, 4) is 0 Å². The quantitative estimate of drug-likeness (QED) is 0.406. The van der Waals surface area contributed by atoms with E-state index in [1.165, 1.54) is 12.8 Å². The van der Waals surface area contributed by atoms with E-state index in [0.717, 1.165) is 5.92 Å². The summed E-state index contributed by atoms with van der Waals surface area (Å²) in [6.07, 6.45) is 5.02. The van der Waals surface area contributed by atoms with E-state index < -0.39 is 0 Å². The smallest absolute Gasteiger partial charge is 0.0229 e. The fourth-order valence-electron chi connectivity index (χ4n) is 1.03. The third kappa shape index (κ3) is 0.696. The standard InChI is InChI=1S/C7H12/c1-3-7-5-4-6(7)2/h3,6H,4-5H2,1-2H3/b7-3-. The van der Waals surface area contributed by atoms with E-state index in [0.29, 0.717) is 0 Å². The van der Waals surface area contributed by atoms with Crippen LogP contribution in [0.4, 0.5) is 0 Å². The van der Waals surface area contributed by atoms with E-state index in [-0.39, 0.29) is 0 Å². The first-order valence-electron chi connectivity index (χ1n) is 2.99. The Hall–Kier alpha value is -0.260. The Labute approximate surface area is 45.2 Å². The van der Waals surface area contributed by atoms with Crippen molar-refractivity contribution in [1.29, 1.82) is 0 Å². The molecule has 0 saturated heterocycles. The monoisotopic (exact) mass is 96.1 g/mol. The maximum Gasteiger partial charge on any atom is -0.0229 e. The lowest BCUT2D eigenvalue weighted by atomic mass is 9.81. The molecule has 0 N–H and O–H groups in total. The zero-order valence-corrected chi connectivity index (χ0v) is 5.07. The molecule has 1 aliphatic rings. The van der Waals surface area contributed by atoms with Gasteiger partial charge in [-0.15, -0.1) is 0 Å². The van der Waals surface area contributed by atoms with Crippen molar-refractivity contribution in [1.82, 2.24) is 0 Å². The average Bonchev–Trinajstić information content (AvgIpc) is 1.65. The van der Waals surface area contributed by atoms with Gasteiger partial charge >= 0.3 is 0 Å². The van der Waals surface area contributed by atoms with Crippen LogP contribution in [0.15, 0.2) is 11.6 Å². The van der Waals surface area contributed by atoms with Crippen molar-refractivity contribution >= 4 is 0 Å². The second-order valence-electron chi connectivity index (χ2n) is 2.30. The van der Waals surface area contributed by atoms with Gasteiger partial charge in [-0.1, -0.05) is 18.6 Å². The molecule has 40 valence electrons. The Morgan fingerprint density at radius 2 is 2.43 bits per heavy atom. The Morgan fingerprint density at radius 1 is 1.71 bits per heavy atom. The number of allylic oxidation sites excluding steroid dienone is 2. The summed E-state index contributed by atoms with van der Waals surface area (Å²) < 4.78 is 0. The molecule has 1 atom stereocenters. The first-order chi connectivity index (χ1) is 3.34. The van der Waals surface area contributed by atoms with E-state index in [1.54, 1.807) is 5.57 Å². The molecular formula is C7H12. The van der Waals surface area contributed by atoms with Crippen LogP contribution in [-0.2, 0) is 0 Å². The summed E-state index contributed by atoms with van der Waals surface area (Å²) in [7, 11) is 0. The van der Waals surface area contributed by atoms with Crippen LogP contribution in [0, 0.1) is 5.92 Å². The molecule has 0 spiro atoms. The zero-order chi connectivity index (χ0) is 5.28. The first kappa shape index (κ1) is 4.89. The lowest BCUT2D eigenvalue weighted by Gasteiger charge is -2.25. The lowest BCUT2D eigenvalue weighted by Crippen LogP contribution is -2.10. The van der Waals surface area contributed by atoms with Crippen molar-refractivity contribution < 1.29 is 0 Å². The average molecular weight is 96.2 g/mol. The molecule has 0 aromatic heterocycles. The molecule has 0 heterocycles. The first-order valence-corrected chi connectivity index (χ1v) is 2.99. The largest absolute Gasteiger partial charge is 0.0882 e. The Balaban J connectivity index is 2.44. The van der Waals surface area contributed by atoms with Crippen molar-refractivity contribution in [2.24, 2.45) is 5.92 Å². The minimum absolute atomic E-state index is 0.907. The molecule has 1 fully saturated rings. The summed E-state index contributed by atoms with van der Waals surface area (Å²) in [5, 5.41) is 0. The fourth-order valence-corrected chi connectivity index (χ4v) is 1.03. The van der Waals surface area contributed by atoms with Gasteiger partial charge in [-0.05, 0) is 25.7 Å². The van der Waals surface area contributed by atoms with Crippen LogP contribution in [0.2, 0.25) is 0 Å². The predicted octanol–water partition coefficient (Wildman–Crippen LogP) is 2.36. The summed E-state index contributed by atoms with van der Waals surface area (Å²) in [4.78, 5) is 0. The fraction of sp³-hybridized carbons (Fsp3) is 0.714. The molecule has 0 aromatic carbocycles. The minimum atomic E-state index is 0.907. The second kappa shape index (κ2) is 1.69. The summed E-state index contributed by atoms with van der Waals surface area (Å²) in [5.74, 6) is 0.907. The van der Waals surface area contributed by atoms with Gasteiger partial charge in [0.25, 0.3) is 0 Å². The molecule has 7 heavy (non-hydrogen) atoms. The Kier molecular flexibility index (Phi) is 1.18. The summed E-state index contributed by atoms with van der Waals surface area (Å²) in [6, 6.07) is 0. The molecule has 0 nitrogen and oxygen atoms in total. The third-order valence-electron chi connectivity index (χ3n) is 1.87. The van der Waals surface area contributed by atoms with Crippen LogP contribution < -0.4 is 0 Å². The lowest BCUT2D eigenvalue weighted by molar-refractivity contribution is 0.482. The van der Waals surface area contributed by atoms with Crippen LogP contribution in [0.3, 0.4) is 0 Å². The summed E-state index contributed by atoms with van der Waals surface area (Å²) in [6.45, 7) is 4.42. The van der Waals surface area contributed by atoms with Gasteiger partial charge in [-0.25, -0.2) is 0 Å². The van der Waals surface area contributed by atoms with E-state index in [1.807, 2.05) is 0 Å². The molecule has 0 aliphatic heterocycles. The van der Waals surface area contributed by atoms with Gasteiger partial charge in [0.1, 0.15) is 0 Å². The van der Waals surface area contributed by atoms with E-state index >= 15 is 0 Å². The number of rotatable bonds is 0. The van der Waals surface area contributed by atoms with Gasteiger partial charge in [0.05, 0.1) is 0 Å². The van der Waals surface area contributed by atoms with Crippen LogP contribution in [0.5, 0.6) is 0 Å². The van der Waals surface area contributed by atoms with Crippen molar-refractivity contribution in [3.63, 3.8) is 0 Å². The van der Waals surface area contributed by atoms with Crippen molar-refractivity contribution in [2.45, 2.75) is 26.7 Å².